The number of Topliss-reactive ketones (excluding diaryl/α,β-unsaturated/α-hetero) is 1. The van der Waals surface area contributed by atoms with Crippen LogP contribution in [0.4, 0.5) is 4.39 Å². The average molecular weight is 296 g/mol. The van der Waals surface area contributed by atoms with Crippen molar-refractivity contribution in [1.29, 1.82) is 0 Å². The summed E-state index contributed by atoms with van der Waals surface area (Å²) in [6, 6.07) is 9.80. The van der Waals surface area contributed by atoms with Gasteiger partial charge in [0.05, 0.1) is 29.4 Å². The van der Waals surface area contributed by atoms with E-state index < -0.39 is 0 Å². The molecule has 1 aliphatic carbocycles. The van der Waals surface area contributed by atoms with E-state index >= 15 is 0 Å². The van der Waals surface area contributed by atoms with Gasteiger partial charge in [0.1, 0.15) is 11.6 Å². The maximum Gasteiger partial charge on any atom is 0.167 e. The van der Waals surface area contributed by atoms with Crippen LogP contribution in [0.5, 0.6) is 0 Å². The first kappa shape index (κ1) is 13.0. The minimum Gasteiger partial charge on any atom is -0.469 e. The van der Waals surface area contributed by atoms with Gasteiger partial charge < -0.3 is 4.42 Å². The Hall–Kier alpha value is -2.69. The number of halogens is 1. The Morgan fingerprint density at radius 3 is 2.73 bits per heavy atom. The van der Waals surface area contributed by atoms with Crippen LogP contribution in [0.25, 0.3) is 5.69 Å². The van der Waals surface area contributed by atoms with E-state index in [9.17, 15) is 9.18 Å². The highest BCUT2D eigenvalue weighted by Crippen LogP contribution is 2.33. The summed E-state index contributed by atoms with van der Waals surface area (Å²) in [5.74, 6) is 0.599. The van der Waals surface area contributed by atoms with Crippen molar-refractivity contribution < 1.29 is 13.6 Å². The van der Waals surface area contributed by atoms with Gasteiger partial charge in [-0.1, -0.05) is 0 Å². The van der Waals surface area contributed by atoms with Gasteiger partial charge >= 0.3 is 0 Å². The van der Waals surface area contributed by atoms with Crippen molar-refractivity contribution in [2.75, 3.05) is 0 Å². The largest absolute Gasteiger partial charge is 0.469 e. The van der Waals surface area contributed by atoms with Crippen LogP contribution in [0.3, 0.4) is 0 Å². The molecule has 1 aromatic carbocycles. The first-order chi connectivity index (χ1) is 10.7. The van der Waals surface area contributed by atoms with Crippen LogP contribution in [0.2, 0.25) is 0 Å². The molecule has 0 N–H and O–H groups in total. The minimum atomic E-state index is -0.297. The smallest absolute Gasteiger partial charge is 0.167 e. The van der Waals surface area contributed by atoms with E-state index in [1.54, 1.807) is 29.3 Å². The second kappa shape index (κ2) is 4.94. The lowest BCUT2D eigenvalue weighted by atomic mass is 9.85. The number of benzene rings is 1. The molecule has 0 fully saturated rings. The summed E-state index contributed by atoms with van der Waals surface area (Å²) in [6.07, 6.45) is 4.31. The number of nitrogens with zero attached hydrogens (tertiary/aromatic N) is 2. The van der Waals surface area contributed by atoms with Crippen molar-refractivity contribution in [3.05, 3.63) is 71.7 Å². The zero-order chi connectivity index (χ0) is 15.1. The van der Waals surface area contributed by atoms with Crippen molar-refractivity contribution >= 4 is 5.78 Å². The molecule has 0 saturated carbocycles. The molecule has 0 amide bonds. The Morgan fingerprint density at radius 2 is 2.00 bits per heavy atom. The monoisotopic (exact) mass is 296 g/mol. The predicted molar refractivity (Wildman–Crippen MR) is 77.6 cm³/mol. The van der Waals surface area contributed by atoms with Crippen molar-refractivity contribution in [3.63, 3.8) is 0 Å². The van der Waals surface area contributed by atoms with Gasteiger partial charge in [-0.25, -0.2) is 9.07 Å². The first-order valence-electron chi connectivity index (χ1n) is 7.12. The third-order valence-corrected chi connectivity index (χ3v) is 4.06. The molecule has 2 heterocycles. The molecule has 0 spiro atoms. The number of fused-ring (bicyclic) bond motifs is 1. The summed E-state index contributed by atoms with van der Waals surface area (Å²) in [7, 11) is 0. The molecule has 1 atom stereocenters. The van der Waals surface area contributed by atoms with Gasteiger partial charge in [0.25, 0.3) is 0 Å². The number of ketones is 1. The molecule has 1 aliphatic rings. The zero-order valence-electron chi connectivity index (χ0n) is 11.7. The molecule has 22 heavy (non-hydrogen) atoms. The second-order valence-corrected chi connectivity index (χ2v) is 5.44. The average Bonchev–Trinajstić information content (AvgIpc) is 3.17. The number of carbonyl (C=O) groups excluding carboxylic acids is 1. The topological polar surface area (TPSA) is 48.0 Å². The Labute approximate surface area is 126 Å². The Morgan fingerprint density at radius 1 is 1.18 bits per heavy atom. The quantitative estimate of drug-likeness (QED) is 0.727. The minimum absolute atomic E-state index is 0.0194. The molecular formula is C17H13FN2O2. The van der Waals surface area contributed by atoms with Gasteiger partial charge in [0.2, 0.25) is 0 Å². The summed E-state index contributed by atoms with van der Waals surface area (Å²) < 4.78 is 20.2. The summed E-state index contributed by atoms with van der Waals surface area (Å²) in [6.45, 7) is 0. The normalized spacial score (nSPS) is 17.5. The summed E-state index contributed by atoms with van der Waals surface area (Å²) in [4.78, 5) is 12.3. The van der Waals surface area contributed by atoms with E-state index in [0.29, 0.717) is 18.4 Å². The fraction of sp³-hybridized carbons (Fsp3) is 0.176. The zero-order valence-corrected chi connectivity index (χ0v) is 11.7. The first-order valence-corrected chi connectivity index (χ1v) is 7.12. The van der Waals surface area contributed by atoms with Crippen molar-refractivity contribution in [1.82, 2.24) is 9.78 Å². The van der Waals surface area contributed by atoms with E-state index in [-0.39, 0.29) is 17.5 Å². The van der Waals surface area contributed by atoms with Crippen molar-refractivity contribution in [2.24, 2.45) is 0 Å². The van der Waals surface area contributed by atoms with Crippen LogP contribution < -0.4 is 0 Å². The summed E-state index contributed by atoms with van der Waals surface area (Å²) in [5.41, 5.74) is 2.24. The van der Waals surface area contributed by atoms with Crippen molar-refractivity contribution in [2.45, 2.75) is 18.8 Å². The highest BCUT2D eigenvalue weighted by Gasteiger charge is 2.31. The molecule has 0 aliphatic heterocycles. The molecule has 0 saturated heterocycles. The third-order valence-electron chi connectivity index (χ3n) is 4.06. The van der Waals surface area contributed by atoms with Crippen LogP contribution in [0.15, 0.2) is 53.3 Å². The Balaban J connectivity index is 1.76. The number of carbonyl (C=O) groups is 1. The van der Waals surface area contributed by atoms with Crippen LogP contribution in [-0.2, 0) is 6.42 Å². The number of furan rings is 1. The van der Waals surface area contributed by atoms with E-state index in [0.717, 1.165) is 17.1 Å². The van der Waals surface area contributed by atoms with Gasteiger partial charge in [0, 0.05) is 18.8 Å². The lowest BCUT2D eigenvalue weighted by Gasteiger charge is -2.20. The molecule has 1 unspecified atom stereocenters. The highest BCUT2D eigenvalue weighted by atomic mass is 19.1. The molecule has 0 radical (unpaired) electrons. The fourth-order valence-corrected chi connectivity index (χ4v) is 2.97. The standard InChI is InChI=1S/C17H13FN2O2/c18-12-3-5-13(6-4-12)20-15-8-11(17-2-1-7-22-17)9-16(21)14(15)10-19-20/h1-7,10-11H,8-9H2. The number of rotatable bonds is 2. The van der Waals surface area contributed by atoms with E-state index in [1.165, 1.54) is 12.1 Å². The highest BCUT2D eigenvalue weighted by molar-refractivity contribution is 5.98. The summed E-state index contributed by atoms with van der Waals surface area (Å²) >= 11 is 0. The predicted octanol–water partition coefficient (Wildman–Crippen LogP) is 3.52. The third kappa shape index (κ3) is 2.06. The molecule has 5 heteroatoms. The number of hydrogen-bond donors (Lipinski definition) is 0. The van der Waals surface area contributed by atoms with Gasteiger partial charge in [-0.05, 0) is 36.4 Å². The number of hydrogen-bond acceptors (Lipinski definition) is 3. The van der Waals surface area contributed by atoms with Crippen LogP contribution in [0.1, 0.15) is 34.2 Å². The molecular weight excluding hydrogens is 283 g/mol. The Bertz CT molecular complexity index is 819. The van der Waals surface area contributed by atoms with Crippen LogP contribution in [0, 0.1) is 5.82 Å². The SMILES string of the molecule is O=C1CC(c2ccco2)Cc2c1cnn2-c1ccc(F)cc1. The Kier molecular flexibility index (Phi) is 2.92. The van der Waals surface area contributed by atoms with Crippen molar-refractivity contribution in [3.8, 4) is 5.69 Å². The number of aromatic nitrogens is 2. The lowest BCUT2D eigenvalue weighted by molar-refractivity contribution is 0.0959. The molecule has 110 valence electrons. The van der Waals surface area contributed by atoms with Gasteiger partial charge in [-0.15, -0.1) is 0 Å². The molecule has 3 aromatic rings. The maximum atomic E-state index is 13.1. The van der Waals surface area contributed by atoms with E-state index in [4.69, 9.17) is 4.42 Å². The molecule has 0 bridgehead atoms. The maximum absolute atomic E-state index is 13.1. The molecule has 4 rings (SSSR count). The van der Waals surface area contributed by atoms with E-state index in [1.807, 2.05) is 12.1 Å². The van der Waals surface area contributed by atoms with Gasteiger partial charge in [-0.3, -0.25) is 4.79 Å². The lowest BCUT2D eigenvalue weighted by Crippen LogP contribution is -2.19. The summed E-state index contributed by atoms with van der Waals surface area (Å²) in [5, 5.41) is 4.31. The van der Waals surface area contributed by atoms with Gasteiger partial charge in [0.15, 0.2) is 5.78 Å². The van der Waals surface area contributed by atoms with Gasteiger partial charge in [-0.2, -0.15) is 5.10 Å². The molecule has 2 aromatic heterocycles. The van der Waals surface area contributed by atoms with Crippen LogP contribution in [-0.4, -0.2) is 15.6 Å². The second-order valence-electron chi connectivity index (χ2n) is 5.44. The molecule has 4 nitrogen and oxygen atoms in total. The van der Waals surface area contributed by atoms with Crippen LogP contribution >= 0.6 is 0 Å². The van der Waals surface area contributed by atoms with E-state index in [2.05, 4.69) is 5.10 Å². The fourth-order valence-electron chi connectivity index (χ4n) is 2.97.